The second-order valence-corrected chi connectivity index (χ2v) is 3.35. The number of rotatable bonds is 4. The summed E-state index contributed by atoms with van der Waals surface area (Å²) in [5, 5.41) is 13.6. The van der Waals surface area contributed by atoms with Crippen LogP contribution in [-0.2, 0) is 9.53 Å². The molecule has 16 heavy (non-hydrogen) atoms. The number of nitrogens with one attached hydrogen (secondary N) is 1. The van der Waals surface area contributed by atoms with Gasteiger partial charge in [0.1, 0.15) is 0 Å². The van der Waals surface area contributed by atoms with Gasteiger partial charge in [0, 0.05) is 13.7 Å². The van der Waals surface area contributed by atoms with Gasteiger partial charge in [0.2, 0.25) is 5.91 Å². The van der Waals surface area contributed by atoms with E-state index in [9.17, 15) is 14.7 Å². The van der Waals surface area contributed by atoms with Crippen molar-refractivity contribution in [2.75, 3.05) is 13.7 Å². The number of amides is 3. The Hall–Kier alpha value is -0.430. The second kappa shape index (κ2) is 6.34. The molecule has 0 aliphatic carbocycles. The monoisotopic (exact) mass is 236 g/mol. The average Bonchev–Trinajstić information content (AvgIpc) is 2.17. The molecule has 0 aromatic carbocycles. The Kier molecular flexibility index (Phi) is 6.17. The molecule has 7 heteroatoms. The van der Waals surface area contributed by atoms with E-state index in [-0.39, 0.29) is 42.6 Å². The number of hydrogen-bond donors (Lipinski definition) is 1. The quantitative estimate of drug-likeness (QED) is 0.511. The molecule has 0 fully saturated rings. The molecule has 6 nitrogen and oxygen atoms in total. The Morgan fingerprint density at radius 2 is 2.12 bits per heavy atom. The molecule has 1 unspecified atom stereocenters. The summed E-state index contributed by atoms with van der Waals surface area (Å²) >= 11 is 0. The summed E-state index contributed by atoms with van der Waals surface area (Å²) in [6, 6.07) is -0.883. The van der Waals surface area contributed by atoms with Crippen LogP contribution in [0.2, 0.25) is 0 Å². The third kappa shape index (κ3) is 2.82. The molecule has 0 spiro atoms. The van der Waals surface area contributed by atoms with Gasteiger partial charge in [0.25, 0.3) is 0 Å². The van der Waals surface area contributed by atoms with Crippen LogP contribution in [-0.4, -0.2) is 31.6 Å². The van der Waals surface area contributed by atoms with Crippen molar-refractivity contribution in [3.8, 4) is 0 Å². The molecule has 1 aliphatic heterocycles. The first-order chi connectivity index (χ1) is 7.06. The predicted molar refractivity (Wildman–Crippen MR) is 50.2 cm³/mol. The van der Waals surface area contributed by atoms with Crippen molar-refractivity contribution in [2.24, 2.45) is 10.4 Å². The molecule has 1 aliphatic rings. The molecule has 0 aromatic heterocycles. The van der Waals surface area contributed by atoms with Gasteiger partial charge in [0.05, 0.1) is 5.41 Å². The van der Waals surface area contributed by atoms with Crippen LogP contribution in [0.25, 0.3) is 0 Å². The van der Waals surface area contributed by atoms with Crippen molar-refractivity contribution >= 4 is 17.8 Å². The van der Waals surface area contributed by atoms with Gasteiger partial charge in [-0.15, -0.1) is 0 Å². The first-order valence-electron chi connectivity index (χ1n) is 4.67. The van der Waals surface area contributed by atoms with Crippen molar-refractivity contribution in [1.82, 2.24) is 5.32 Å². The third-order valence-corrected chi connectivity index (χ3v) is 2.60. The summed E-state index contributed by atoms with van der Waals surface area (Å²) in [7, 11) is 1.48. The first kappa shape index (κ1) is 15.6. The van der Waals surface area contributed by atoms with Crippen LogP contribution >= 0.6 is 0 Å². The molecule has 1 atom stereocenters. The largest absolute Gasteiger partial charge is 1.00 e. The number of carbonyl (C=O) groups excluding carboxylic acids is 2. The summed E-state index contributed by atoms with van der Waals surface area (Å²) in [6.07, 6.45) is 0.541. The van der Waals surface area contributed by atoms with E-state index in [0.717, 1.165) is 0 Å². The van der Waals surface area contributed by atoms with E-state index < -0.39 is 23.3 Å². The van der Waals surface area contributed by atoms with Crippen LogP contribution in [0.3, 0.4) is 0 Å². The number of imide groups is 1. The van der Waals surface area contributed by atoms with Crippen molar-refractivity contribution in [3.05, 3.63) is 0 Å². The maximum Gasteiger partial charge on any atom is 1.00 e. The van der Waals surface area contributed by atoms with E-state index in [0.29, 0.717) is 6.42 Å². The number of ether oxygens (including phenoxy) is 1. The van der Waals surface area contributed by atoms with Gasteiger partial charge in [-0.25, -0.2) is 9.79 Å². The summed E-state index contributed by atoms with van der Waals surface area (Å²) in [4.78, 5) is 25.7. The van der Waals surface area contributed by atoms with Crippen LogP contribution in [0, 0.1) is 5.41 Å². The molecule has 84 valence electrons. The first-order valence-corrected chi connectivity index (χ1v) is 4.67. The van der Waals surface area contributed by atoms with Crippen LogP contribution < -0.4 is 40.0 Å². The fraction of sp³-hybridized carbons (Fsp3) is 0.667. The normalized spacial score (nSPS) is 24.5. The average molecular weight is 236 g/mol. The fourth-order valence-corrected chi connectivity index (χ4v) is 1.53. The van der Waals surface area contributed by atoms with Gasteiger partial charge in [-0.2, -0.15) is 0 Å². The molecule has 0 bridgehead atoms. The summed E-state index contributed by atoms with van der Waals surface area (Å²) in [6.45, 7) is 1.98. The Balaban J connectivity index is 0.00000225. The van der Waals surface area contributed by atoms with Gasteiger partial charge in [-0.3, -0.25) is 10.1 Å². The molecule has 1 N–H and O–H groups in total. The minimum Gasteiger partial charge on any atom is -0.861 e. The van der Waals surface area contributed by atoms with E-state index in [4.69, 9.17) is 4.74 Å². The van der Waals surface area contributed by atoms with E-state index in [2.05, 4.69) is 4.99 Å². The SMILES string of the molecule is CCC1(CCOC)C(=O)NC(=O)N=C1[O-].[Na+]. The van der Waals surface area contributed by atoms with E-state index in [1.165, 1.54) is 7.11 Å². The van der Waals surface area contributed by atoms with Gasteiger partial charge in [-0.1, -0.05) is 6.92 Å². The predicted octanol–water partition coefficient (Wildman–Crippen LogP) is -3.57. The summed E-state index contributed by atoms with van der Waals surface area (Å²) in [5.41, 5.74) is -1.23. The van der Waals surface area contributed by atoms with Crippen LogP contribution in [0.5, 0.6) is 0 Å². The fourth-order valence-electron chi connectivity index (χ4n) is 1.53. The minimum atomic E-state index is -1.23. The van der Waals surface area contributed by atoms with Crippen molar-refractivity contribution in [2.45, 2.75) is 19.8 Å². The van der Waals surface area contributed by atoms with Crippen LogP contribution in [0.1, 0.15) is 19.8 Å². The van der Waals surface area contributed by atoms with E-state index in [1.807, 2.05) is 5.32 Å². The molecule has 0 aromatic rings. The molecular formula is C9H13N2NaO4. The zero-order chi connectivity index (χ0) is 11.5. The van der Waals surface area contributed by atoms with Gasteiger partial charge in [-0.05, 0) is 18.7 Å². The summed E-state index contributed by atoms with van der Waals surface area (Å²) < 4.78 is 4.84. The van der Waals surface area contributed by atoms with Gasteiger partial charge < -0.3 is 9.84 Å². The standard InChI is InChI=1S/C9H14N2O4.Na/c1-3-9(4-5-15-2)6(12)10-8(14)11-7(9)13;/h3-5H2,1-2H3,(H2,10,11,12,13,14);/q;+1/p-1. The van der Waals surface area contributed by atoms with Crippen molar-refractivity contribution in [1.29, 1.82) is 0 Å². The number of hydrogen-bond acceptors (Lipinski definition) is 4. The maximum absolute atomic E-state index is 11.6. The Morgan fingerprint density at radius 1 is 1.50 bits per heavy atom. The summed E-state index contributed by atoms with van der Waals surface area (Å²) in [5.74, 6) is -1.25. The van der Waals surface area contributed by atoms with Crippen LogP contribution in [0.4, 0.5) is 4.79 Å². The molecular weight excluding hydrogens is 223 g/mol. The molecule has 0 saturated carbocycles. The second-order valence-electron chi connectivity index (χ2n) is 3.35. The molecule has 1 rings (SSSR count). The number of aliphatic imine (C=N–C) groups is 1. The number of carbonyl (C=O) groups is 2. The van der Waals surface area contributed by atoms with Crippen LogP contribution in [0.15, 0.2) is 4.99 Å². The maximum atomic E-state index is 11.6. The topological polar surface area (TPSA) is 90.8 Å². The van der Waals surface area contributed by atoms with Crippen molar-refractivity contribution in [3.63, 3.8) is 0 Å². The number of urea groups is 1. The zero-order valence-electron chi connectivity index (χ0n) is 9.70. The molecule has 0 radical (unpaired) electrons. The Bertz CT molecular complexity index is 319. The molecule has 1 heterocycles. The molecule has 3 amide bonds. The Morgan fingerprint density at radius 3 is 2.56 bits per heavy atom. The van der Waals surface area contributed by atoms with Gasteiger partial charge >= 0.3 is 35.6 Å². The van der Waals surface area contributed by atoms with E-state index >= 15 is 0 Å². The van der Waals surface area contributed by atoms with Gasteiger partial charge in [0.15, 0.2) is 0 Å². The van der Waals surface area contributed by atoms with E-state index in [1.54, 1.807) is 6.92 Å². The van der Waals surface area contributed by atoms with Crippen molar-refractivity contribution < 1.29 is 49.0 Å². The Labute approximate surface area is 116 Å². The number of nitrogens with zero attached hydrogens (tertiary/aromatic N) is 1. The molecule has 0 saturated heterocycles. The third-order valence-electron chi connectivity index (χ3n) is 2.60. The number of methoxy groups -OCH3 is 1. The smallest absolute Gasteiger partial charge is 0.861 e. The zero-order valence-corrected chi connectivity index (χ0v) is 11.7. The minimum absolute atomic E-state index is 0.